The zero-order chi connectivity index (χ0) is 16.8. The van der Waals surface area contributed by atoms with Crippen molar-refractivity contribution in [3.8, 4) is 5.75 Å². The number of benzene rings is 1. The second-order valence-electron chi connectivity index (χ2n) is 6.25. The number of nitrogens with zero attached hydrogens (tertiary/aromatic N) is 1. The van der Waals surface area contributed by atoms with Gasteiger partial charge in [-0.2, -0.15) is 0 Å². The van der Waals surface area contributed by atoms with Gasteiger partial charge in [-0.25, -0.2) is 4.79 Å². The first-order valence-corrected chi connectivity index (χ1v) is 8.28. The largest absolute Gasteiger partial charge is 0.497 e. The third-order valence-electron chi connectivity index (χ3n) is 4.82. The van der Waals surface area contributed by atoms with Crippen molar-refractivity contribution in [2.24, 2.45) is 0 Å². The Kier molecular flexibility index (Phi) is 6.28. The highest BCUT2D eigenvalue weighted by Crippen LogP contribution is 2.23. The molecule has 0 saturated carbocycles. The Bertz CT molecular complexity index is 495. The fourth-order valence-electron chi connectivity index (χ4n) is 3.07. The zero-order valence-electron chi connectivity index (χ0n) is 14.5. The van der Waals surface area contributed by atoms with Gasteiger partial charge in [-0.3, -0.25) is 0 Å². The maximum Gasteiger partial charge on any atom is 0.409 e. The summed E-state index contributed by atoms with van der Waals surface area (Å²) >= 11 is 0. The Labute approximate surface area is 139 Å². The average Bonchev–Trinajstić information content (AvgIpc) is 2.61. The molecule has 2 atom stereocenters. The lowest BCUT2D eigenvalue weighted by molar-refractivity contribution is 0.108. The average molecular weight is 320 g/mol. The molecule has 1 saturated heterocycles. The first-order chi connectivity index (χ1) is 11.0. The summed E-state index contributed by atoms with van der Waals surface area (Å²) < 4.78 is 9.99. The molecule has 5 heteroatoms. The first kappa shape index (κ1) is 17.6. The molecule has 1 aromatic carbocycles. The second-order valence-corrected chi connectivity index (χ2v) is 6.25. The molecule has 1 amide bonds. The molecule has 0 radical (unpaired) electrons. The van der Waals surface area contributed by atoms with Crippen LogP contribution in [0.3, 0.4) is 0 Å². The van der Waals surface area contributed by atoms with E-state index >= 15 is 0 Å². The van der Waals surface area contributed by atoms with E-state index in [2.05, 4.69) is 31.3 Å². The van der Waals surface area contributed by atoms with Crippen LogP contribution in [0.1, 0.15) is 38.2 Å². The lowest BCUT2D eigenvalue weighted by atomic mass is 9.92. The molecule has 1 fully saturated rings. The Balaban J connectivity index is 1.84. The third kappa shape index (κ3) is 4.61. The molecule has 5 nitrogen and oxygen atoms in total. The highest BCUT2D eigenvalue weighted by atomic mass is 16.5. The van der Waals surface area contributed by atoms with Gasteiger partial charge < -0.3 is 19.7 Å². The van der Waals surface area contributed by atoms with Gasteiger partial charge in [0.2, 0.25) is 0 Å². The van der Waals surface area contributed by atoms with Crippen molar-refractivity contribution in [3.05, 3.63) is 29.8 Å². The molecule has 0 aliphatic carbocycles. The minimum absolute atomic E-state index is 0.219. The minimum Gasteiger partial charge on any atom is -0.497 e. The smallest absolute Gasteiger partial charge is 0.409 e. The van der Waals surface area contributed by atoms with E-state index < -0.39 is 0 Å². The lowest BCUT2D eigenvalue weighted by Crippen LogP contribution is -2.48. The van der Waals surface area contributed by atoms with Crippen LogP contribution in [0.25, 0.3) is 0 Å². The topological polar surface area (TPSA) is 50.8 Å². The van der Waals surface area contributed by atoms with Gasteiger partial charge in [-0.15, -0.1) is 0 Å². The molecule has 0 aromatic heterocycles. The van der Waals surface area contributed by atoms with Gasteiger partial charge in [0.1, 0.15) is 5.75 Å². The summed E-state index contributed by atoms with van der Waals surface area (Å²) in [5.74, 6) is 1.30. The Morgan fingerprint density at radius 3 is 2.30 bits per heavy atom. The molecule has 1 aliphatic heterocycles. The van der Waals surface area contributed by atoms with Gasteiger partial charge >= 0.3 is 6.09 Å². The van der Waals surface area contributed by atoms with E-state index in [1.807, 2.05) is 12.1 Å². The molecule has 1 heterocycles. The number of amides is 1. The minimum atomic E-state index is -0.219. The van der Waals surface area contributed by atoms with Crippen LogP contribution >= 0.6 is 0 Å². The van der Waals surface area contributed by atoms with Gasteiger partial charge in [0.05, 0.1) is 14.2 Å². The maximum atomic E-state index is 11.5. The number of hydrogen-bond acceptors (Lipinski definition) is 4. The van der Waals surface area contributed by atoms with Crippen LogP contribution in [0.5, 0.6) is 5.75 Å². The molecular formula is C18H28N2O3. The maximum absolute atomic E-state index is 11.5. The van der Waals surface area contributed by atoms with Crippen molar-refractivity contribution in [2.45, 2.75) is 44.7 Å². The van der Waals surface area contributed by atoms with Gasteiger partial charge in [-0.05, 0) is 43.4 Å². The fraction of sp³-hybridized carbons (Fsp3) is 0.611. The van der Waals surface area contributed by atoms with Gasteiger partial charge in [0.25, 0.3) is 0 Å². The number of nitrogens with one attached hydrogen (secondary N) is 1. The van der Waals surface area contributed by atoms with Gasteiger partial charge in [-0.1, -0.05) is 19.1 Å². The van der Waals surface area contributed by atoms with Gasteiger partial charge in [0, 0.05) is 25.2 Å². The summed E-state index contributed by atoms with van der Waals surface area (Å²) in [7, 11) is 3.12. The molecule has 0 bridgehead atoms. The molecule has 2 rings (SSSR count). The molecule has 0 spiro atoms. The van der Waals surface area contributed by atoms with Crippen LogP contribution in [0.15, 0.2) is 24.3 Å². The summed E-state index contributed by atoms with van der Waals surface area (Å²) in [5.41, 5.74) is 1.30. The monoisotopic (exact) mass is 320 g/mol. The number of ether oxygens (including phenoxy) is 2. The SMILES string of the molecule is COC(=O)N1CCC(N[C@H](C)[C@H](C)c2ccc(OC)cc2)CC1. The van der Waals surface area contributed by atoms with Crippen LogP contribution in [-0.2, 0) is 4.74 Å². The summed E-state index contributed by atoms with van der Waals surface area (Å²) in [5, 5.41) is 3.71. The van der Waals surface area contributed by atoms with Crippen molar-refractivity contribution < 1.29 is 14.3 Å². The van der Waals surface area contributed by atoms with E-state index in [1.165, 1.54) is 12.7 Å². The van der Waals surface area contributed by atoms with Crippen LogP contribution in [-0.4, -0.2) is 50.4 Å². The first-order valence-electron chi connectivity index (χ1n) is 8.28. The molecule has 0 unspecified atom stereocenters. The predicted molar refractivity (Wildman–Crippen MR) is 91.0 cm³/mol. The number of rotatable bonds is 5. The Morgan fingerprint density at radius 2 is 1.78 bits per heavy atom. The van der Waals surface area contributed by atoms with Gasteiger partial charge in [0.15, 0.2) is 0 Å². The number of hydrogen-bond donors (Lipinski definition) is 1. The van der Waals surface area contributed by atoms with E-state index in [9.17, 15) is 4.79 Å². The molecular weight excluding hydrogens is 292 g/mol. The van der Waals surface area contributed by atoms with E-state index in [4.69, 9.17) is 9.47 Å². The third-order valence-corrected chi connectivity index (χ3v) is 4.82. The van der Waals surface area contributed by atoms with Crippen LogP contribution < -0.4 is 10.1 Å². The van der Waals surface area contributed by atoms with E-state index in [-0.39, 0.29) is 6.09 Å². The van der Waals surface area contributed by atoms with Crippen molar-refractivity contribution in [3.63, 3.8) is 0 Å². The number of likely N-dealkylation sites (tertiary alicyclic amines) is 1. The Morgan fingerprint density at radius 1 is 1.17 bits per heavy atom. The number of piperidine rings is 1. The number of methoxy groups -OCH3 is 2. The second kappa shape index (κ2) is 8.20. The summed E-state index contributed by atoms with van der Waals surface area (Å²) in [4.78, 5) is 13.3. The van der Waals surface area contributed by atoms with E-state index in [1.54, 1.807) is 12.0 Å². The quantitative estimate of drug-likeness (QED) is 0.906. The molecule has 1 aliphatic rings. The Hall–Kier alpha value is -1.75. The van der Waals surface area contributed by atoms with Crippen LogP contribution in [0.4, 0.5) is 4.79 Å². The normalized spacial score (nSPS) is 18.3. The van der Waals surface area contributed by atoms with E-state index in [0.717, 1.165) is 31.7 Å². The molecule has 128 valence electrons. The highest BCUT2D eigenvalue weighted by molar-refractivity contribution is 5.67. The van der Waals surface area contributed by atoms with Crippen molar-refractivity contribution in [2.75, 3.05) is 27.3 Å². The molecule has 1 aromatic rings. The number of carbonyl (C=O) groups is 1. The van der Waals surface area contributed by atoms with Crippen molar-refractivity contribution >= 4 is 6.09 Å². The van der Waals surface area contributed by atoms with Crippen molar-refractivity contribution in [1.82, 2.24) is 10.2 Å². The van der Waals surface area contributed by atoms with Crippen LogP contribution in [0.2, 0.25) is 0 Å². The molecule has 1 N–H and O–H groups in total. The lowest BCUT2D eigenvalue weighted by Gasteiger charge is -2.34. The highest BCUT2D eigenvalue weighted by Gasteiger charge is 2.25. The van der Waals surface area contributed by atoms with Crippen molar-refractivity contribution in [1.29, 1.82) is 0 Å². The van der Waals surface area contributed by atoms with E-state index in [0.29, 0.717) is 18.0 Å². The predicted octanol–water partition coefficient (Wildman–Crippen LogP) is 3.01. The summed E-state index contributed by atoms with van der Waals surface area (Å²) in [6.07, 6.45) is 1.71. The standard InChI is InChI=1S/C18H28N2O3/c1-13(15-5-7-17(22-3)8-6-15)14(2)19-16-9-11-20(12-10-16)18(21)23-4/h5-8,13-14,16,19H,9-12H2,1-4H3/t13-,14+/m0/s1. The van der Waals surface area contributed by atoms with Crippen LogP contribution in [0, 0.1) is 0 Å². The number of carbonyl (C=O) groups excluding carboxylic acids is 1. The fourth-order valence-corrected chi connectivity index (χ4v) is 3.07. The zero-order valence-corrected chi connectivity index (χ0v) is 14.5. The summed E-state index contributed by atoms with van der Waals surface area (Å²) in [6, 6.07) is 9.09. The summed E-state index contributed by atoms with van der Waals surface area (Å²) in [6.45, 7) is 5.98. The molecule has 23 heavy (non-hydrogen) atoms.